The van der Waals surface area contributed by atoms with Crippen LogP contribution in [0.2, 0.25) is 0 Å². The second-order valence-electron chi connectivity index (χ2n) is 8.29. The maximum Gasteiger partial charge on any atom is 0.515 e. The molecule has 0 spiro atoms. The van der Waals surface area contributed by atoms with E-state index in [1.165, 1.54) is 0 Å². The van der Waals surface area contributed by atoms with Crippen molar-refractivity contribution < 1.29 is 32.3 Å². The van der Waals surface area contributed by atoms with Crippen LogP contribution in [0.25, 0.3) is 11.0 Å². The molecule has 0 saturated carbocycles. The summed E-state index contributed by atoms with van der Waals surface area (Å²) < 4.78 is 43.9. The zero-order valence-corrected chi connectivity index (χ0v) is 20.1. The molecule has 3 aromatic heterocycles. The highest BCUT2D eigenvalue weighted by Crippen LogP contribution is 2.47. The number of nitrogens with one attached hydrogen (secondary N) is 4. The monoisotopic (exact) mass is 527 g/mol. The van der Waals surface area contributed by atoms with Gasteiger partial charge in [0.25, 0.3) is 0 Å². The van der Waals surface area contributed by atoms with Crippen molar-refractivity contribution in [2.45, 2.75) is 23.1 Å². The van der Waals surface area contributed by atoms with Crippen LogP contribution in [0, 0.1) is 11.6 Å². The number of furan rings is 1. The second-order valence-corrected chi connectivity index (χ2v) is 9.29. The number of Topliss-reactive ketones (excluding diaryl/α,β-unsaturated/α-hetero) is 1. The number of ether oxygens (including phenoxy) is 2. The number of hydrogen-bond donors (Lipinski definition) is 4. The SMILES string of the molecule is CCOC(=O)Oc1[nH]cc2c1NC1=C(C(=O)CNC1)C2c1ccc(Sc2nc3c(F)cc(F)cc3[nH]2)o1. The molecule has 190 valence electrons. The van der Waals surface area contributed by atoms with Gasteiger partial charge in [0.05, 0.1) is 24.6 Å². The number of rotatable bonds is 5. The summed E-state index contributed by atoms with van der Waals surface area (Å²) >= 11 is 1.10. The number of imidazole rings is 1. The van der Waals surface area contributed by atoms with Crippen LogP contribution in [0.4, 0.5) is 19.3 Å². The largest absolute Gasteiger partial charge is 0.515 e. The van der Waals surface area contributed by atoms with Gasteiger partial charge in [-0.2, -0.15) is 0 Å². The molecule has 1 unspecified atom stereocenters. The van der Waals surface area contributed by atoms with Crippen LogP contribution in [0.1, 0.15) is 24.2 Å². The first-order chi connectivity index (χ1) is 17.9. The Morgan fingerprint density at radius 3 is 2.97 bits per heavy atom. The molecular formula is C24H19F2N5O5S. The van der Waals surface area contributed by atoms with Gasteiger partial charge in [-0.05, 0) is 36.9 Å². The van der Waals surface area contributed by atoms with E-state index in [0.717, 1.165) is 23.9 Å². The third-order valence-electron chi connectivity index (χ3n) is 5.98. The topological polar surface area (TPSA) is 134 Å². The Bertz CT molecular complexity index is 1590. The van der Waals surface area contributed by atoms with E-state index >= 15 is 0 Å². The predicted octanol–water partition coefficient (Wildman–Crippen LogP) is 4.43. The summed E-state index contributed by atoms with van der Waals surface area (Å²) in [6.45, 7) is 2.41. The van der Waals surface area contributed by atoms with E-state index in [4.69, 9.17) is 13.9 Å². The number of carbonyl (C=O) groups is 2. The van der Waals surface area contributed by atoms with E-state index in [9.17, 15) is 18.4 Å². The maximum absolute atomic E-state index is 14.1. The zero-order chi connectivity index (χ0) is 25.7. The molecule has 5 heterocycles. The van der Waals surface area contributed by atoms with Gasteiger partial charge in [0.2, 0.25) is 5.88 Å². The normalized spacial score (nSPS) is 16.9. The van der Waals surface area contributed by atoms with Crippen LogP contribution < -0.4 is 15.4 Å². The van der Waals surface area contributed by atoms with Crippen molar-refractivity contribution in [2.75, 3.05) is 25.0 Å². The number of hydrogen-bond acceptors (Lipinski definition) is 9. The molecule has 2 aliphatic rings. The highest BCUT2D eigenvalue weighted by molar-refractivity contribution is 7.99. The van der Waals surface area contributed by atoms with Crippen LogP contribution in [0.5, 0.6) is 5.88 Å². The van der Waals surface area contributed by atoms with E-state index in [1.54, 1.807) is 25.3 Å². The molecule has 0 aliphatic carbocycles. The number of fused-ring (bicyclic) bond motifs is 2. The lowest BCUT2D eigenvalue weighted by Gasteiger charge is -2.31. The average Bonchev–Trinajstić information content (AvgIpc) is 3.58. The quantitative estimate of drug-likeness (QED) is 0.278. The number of halogens is 2. The summed E-state index contributed by atoms with van der Waals surface area (Å²) in [4.78, 5) is 34.9. The molecule has 10 nitrogen and oxygen atoms in total. The zero-order valence-electron chi connectivity index (χ0n) is 19.2. The third kappa shape index (κ3) is 4.15. The molecule has 0 amide bonds. The van der Waals surface area contributed by atoms with E-state index < -0.39 is 23.7 Å². The third-order valence-corrected chi connectivity index (χ3v) is 6.78. The van der Waals surface area contributed by atoms with Crippen molar-refractivity contribution in [3.63, 3.8) is 0 Å². The van der Waals surface area contributed by atoms with Crippen LogP contribution in [0.15, 0.2) is 56.4 Å². The summed E-state index contributed by atoms with van der Waals surface area (Å²) in [6, 6.07) is 5.39. The van der Waals surface area contributed by atoms with E-state index in [0.29, 0.717) is 45.1 Å². The van der Waals surface area contributed by atoms with Gasteiger partial charge in [0, 0.05) is 35.6 Å². The fourth-order valence-electron chi connectivity index (χ4n) is 4.50. The van der Waals surface area contributed by atoms with Gasteiger partial charge in [-0.1, -0.05) is 0 Å². The Morgan fingerprint density at radius 1 is 1.27 bits per heavy atom. The number of benzene rings is 1. The van der Waals surface area contributed by atoms with Crippen molar-refractivity contribution in [3.8, 4) is 5.88 Å². The van der Waals surface area contributed by atoms with Gasteiger partial charge >= 0.3 is 6.16 Å². The van der Waals surface area contributed by atoms with Crippen LogP contribution in [-0.4, -0.2) is 46.6 Å². The first-order valence-corrected chi connectivity index (χ1v) is 12.1. The highest BCUT2D eigenvalue weighted by atomic mass is 32.2. The molecule has 0 fully saturated rings. The second kappa shape index (κ2) is 9.09. The standard InChI is InChI=1S/C24H19F2N5O5S/c1-2-34-24(33)36-22-20-11(7-28-22)18(19-14(29-20)8-27-9-15(19)32)16-3-4-17(35-16)37-23-30-13-6-10(25)5-12(26)21(13)31-23/h3-7,18,27-29H,2,8-9H2,1H3,(H,30,31). The van der Waals surface area contributed by atoms with Crippen molar-refractivity contribution in [3.05, 3.63) is 64.7 Å². The molecule has 1 atom stereocenters. The number of nitrogens with zero attached hydrogens (tertiary/aromatic N) is 1. The summed E-state index contributed by atoms with van der Waals surface area (Å²) in [5.74, 6) is -1.52. The predicted molar refractivity (Wildman–Crippen MR) is 128 cm³/mol. The Balaban J connectivity index is 1.35. The van der Waals surface area contributed by atoms with Crippen molar-refractivity contribution >= 4 is 40.4 Å². The van der Waals surface area contributed by atoms with E-state index in [2.05, 4.69) is 25.6 Å². The minimum absolute atomic E-state index is 0.0234. The summed E-state index contributed by atoms with van der Waals surface area (Å²) in [5, 5.41) is 7.00. The van der Waals surface area contributed by atoms with E-state index in [-0.39, 0.29) is 35.8 Å². The molecule has 0 radical (unpaired) electrons. The Labute approximate surface area is 211 Å². The lowest BCUT2D eigenvalue weighted by molar-refractivity contribution is -0.115. The number of aromatic nitrogens is 3. The Morgan fingerprint density at radius 2 is 2.14 bits per heavy atom. The fourth-order valence-corrected chi connectivity index (χ4v) is 5.26. The van der Waals surface area contributed by atoms with Gasteiger partial charge < -0.3 is 34.5 Å². The molecule has 0 bridgehead atoms. The lowest BCUT2D eigenvalue weighted by Crippen LogP contribution is -2.39. The molecule has 2 aliphatic heterocycles. The number of carbonyl (C=O) groups excluding carboxylic acids is 2. The number of H-pyrrole nitrogens is 2. The van der Waals surface area contributed by atoms with Gasteiger partial charge in [-0.15, -0.1) is 0 Å². The minimum Gasteiger partial charge on any atom is -0.453 e. The first kappa shape index (κ1) is 23.3. The first-order valence-electron chi connectivity index (χ1n) is 11.3. The number of anilines is 1. The summed E-state index contributed by atoms with van der Waals surface area (Å²) in [7, 11) is 0. The Hall–Kier alpha value is -4.10. The molecule has 4 N–H and O–H groups in total. The summed E-state index contributed by atoms with van der Waals surface area (Å²) in [5.41, 5.74) is 2.58. The van der Waals surface area contributed by atoms with Gasteiger partial charge in [-0.25, -0.2) is 18.6 Å². The maximum atomic E-state index is 14.1. The summed E-state index contributed by atoms with van der Waals surface area (Å²) in [6.07, 6.45) is 0.786. The molecule has 0 saturated heterocycles. The highest BCUT2D eigenvalue weighted by Gasteiger charge is 2.39. The number of aromatic amines is 2. The van der Waals surface area contributed by atoms with Gasteiger partial charge in [0.15, 0.2) is 21.8 Å². The molecule has 13 heteroatoms. The van der Waals surface area contributed by atoms with Crippen molar-refractivity contribution in [2.24, 2.45) is 0 Å². The van der Waals surface area contributed by atoms with Crippen molar-refractivity contribution in [1.82, 2.24) is 20.3 Å². The minimum atomic E-state index is -0.859. The average molecular weight is 528 g/mol. The fraction of sp³-hybridized carbons (Fsp3) is 0.208. The van der Waals surface area contributed by atoms with Crippen LogP contribution in [0.3, 0.4) is 0 Å². The molecular weight excluding hydrogens is 508 g/mol. The van der Waals surface area contributed by atoms with Crippen molar-refractivity contribution in [1.29, 1.82) is 0 Å². The Kier molecular flexibility index (Phi) is 5.72. The van der Waals surface area contributed by atoms with Crippen LogP contribution >= 0.6 is 11.8 Å². The molecule has 1 aromatic carbocycles. The lowest BCUT2D eigenvalue weighted by atomic mass is 9.82. The van der Waals surface area contributed by atoms with Gasteiger partial charge in [-0.3, -0.25) is 4.79 Å². The molecule has 37 heavy (non-hydrogen) atoms. The molecule has 4 aromatic rings. The van der Waals surface area contributed by atoms with Gasteiger partial charge in [0.1, 0.15) is 22.8 Å². The molecule has 6 rings (SSSR count). The van der Waals surface area contributed by atoms with Crippen LogP contribution in [-0.2, 0) is 9.53 Å². The van der Waals surface area contributed by atoms with E-state index in [1.807, 2.05) is 0 Å². The number of ketones is 1. The smallest absolute Gasteiger partial charge is 0.453 e.